The predicted molar refractivity (Wildman–Crippen MR) is 94.6 cm³/mol. The van der Waals surface area contributed by atoms with Crippen molar-refractivity contribution < 1.29 is 14.2 Å². The van der Waals surface area contributed by atoms with Gasteiger partial charge in [-0.1, -0.05) is 0 Å². The molecule has 3 saturated heterocycles. The summed E-state index contributed by atoms with van der Waals surface area (Å²) >= 11 is 0. The van der Waals surface area contributed by atoms with Crippen LogP contribution < -0.4 is 4.90 Å². The number of anilines is 1. The van der Waals surface area contributed by atoms with Crippen molar-refractivity contribution in [2.24, 2.45) is 11.3 Å². The highest BCUT2D eigenvalue weighted by molar-refractivity contribution is 5.31. The first-order valence-electron chi connectivity index (χ1n) is 9.65. The maximum Gasteiger partial charge on any atom is 0.225 e. The lowest BCUT2D eigenvalue weighted by molar-refractivity contribution is -0.130. The third-order valence-corrected chi connectivity index (χ3v) is 5.91. The van der Waals surface area contributed by atoms with Crippen LogP contribution in [0.15, 0.2) is 18.5 Å². The molecule has 6 heteroatoms. The standard InChI is InChI=1S/C19H29N3O3/c1-6-19(15-24-13-16-4-11-23-12-5-16)14-22(9-3-17(19)25-10-1)18-20-7-2-8-21-18/h2,7-8,16-17H,1,3-6,9-15H2. The van der Waals surface area contributed by atoms with Gasteiger partial charge in [0.25, 0.3) is 0 Å². The van der Waals surface area contributed by atoms with Gasteiger partial charge in [-0.2, -0.15) is 0 Å². The van der Waals surface area contributed by atoms with E-state index in [4.69, 9.17) is 14.2 Å². The molecule has 4 heterocycles. The quantitative estimate of drug-likeness (QED) is 0.815. The highest BCUT2D eigenvalue weighted by Gasteiger charge is 2.46. The smallest absolute Gasteiger partial charge is 0.225 e. The Kier molecular flexibility index (Phi) is 5.48. The monoisotopic (exact) mass is 347 g/mol. The van der Waals surface area contributed by atoms with Crippen molar-refractivity contribution in [1.82, 2.24) is 9.97 Å². The van der Waals surface area contributed by atoms with Crippen molar-refractivity contribution in [3.63, 3.8) is 0 Å². The minimum absolute atomic E-state index is 0.0703. The topological polar surface area (TPSA) is 56.7 Å². The van der Waals surface area contributed by atoms with Crippen molar-refractivity contribution >= 4 is 5.95 Å². The molecule has 2 atom stereocenters. The maximum atomic E-state index is 6.25. The van der Waals surface area contributed by atoms with Gasteiger partial charge in [-0.05, 0) is 44.1 Å². The number of nitrogens with zero attached hydrogens (tertiary/aromatic N) is 3. The summed E-state index contributed by atoms with van der Waals surface area (Å²) in [5.74, 6) is 1.47. The normalized spacial score (nSPS) is 30.9. The number of piperidine rings is 1. The molecule has 0 spiro atoms. The van der Waals surface area contributed by atoms with Gasteiger partial charge in [0, 0.05) is 57.3 Å². The summed E-state index contributed by atoms with van der Waals surface area (Å²) in [7, 11) is 0. The van der Waals surface area contributed by atoms with Crippen molar-refractivity contribution in [2.75, 3.05) is 51.0 Å². The van der Waals surface area contributed by atoms with E-state index in [1.165, 1.54) is 0 Å². The van der Waals surface area contributed by atoms with Crippen LogP contribution in [0.4, 0.5) is 5.95 Å². The molecule has 0 radical (unpaired) electrons. The van der Waals surface area contributed by atoms with Gasteiger partial charge in [-0.3, -0.25) is 0 Å². The average Bonchev–Trinajstić information content (AvgIpc) is 2.69. The van der Waals surface area contributed by atoms with E-state index in [-0.39, 0.29) is 5.41 Å². The molecule has 25 heavy (non-hydrogen) atoms. The molecule has 0 N–H and O–H groups in total. The number of fused-ring (bicyclic) bond motifs is 1. The zero-order valence-corrected chi connectivity index (χ0v) is 14.9. The molecule has 3 aliphatic heterocycles. The molecule has 0 saturated carbocycles. The van der Waals surface area contributed by atoms with Gasteiger partial charge in [0.1, 0.15) is 0 Å². The molecule has 138 valence electrons. The molecule has 4 rings (SSSR count). The van der Waals surface area contributed by atoms with Crippen molar-refractivity contribution in [1.29, 1.82) is 0 Å². The summed E-state index contributed by atoms with van der Waals surface area (Å²) in [4.78, 5) is 11.2. The second-order valence-electron chi connectivity index (χ2n) is 7.66. The maximum absolute atomic E-state index is 6.25. The van der Waals surface area contributed by atoms with E-state index < -0.39 is 0 Å². The fourth-order valence-corrected chi connectivity index (χ4v) is 4.47. The van der Waals surface area contributed by atoms with E-state index >= 15 is 0 Å². The molecule has 1 aromatic rings. The second kappa shape index (κ2) is 7.98. The van der Waals surface area contributed by atoms with Crippen molar-refractivity contribution in [3.8, 4) is 0 Å². The average molecular weight is 347 g/mol. The van der Waals surface area contributed by atoms with E-state index in [0.717, 1.165) is 84.2 Å². The number of ether oxygens (including phenoxy) is 3. The minimum atomic E-state index is 0.0703. The Labute approximate surface area is 149 Å². The summed E-state index contributed by atoms with van der Waals surface area (Å²) in [6.07, 6.45) is 9.48. The first kappa shape index (κ1) is 17.2. The number of aromatic nitrogens is 2. The van der Waals surface area contributed by atoms with Gasteiger partial charge in [0.2, 0.25) is 5.95 Å². The van der Waals surface area contributed by atoms with Crippen LogP contribution in [0, 0.1) is 11.3 Å². The molecular weight excluding hydrogens is 318 g/mol. The number of rotatable bonds is 5. The van der Waals surface area contributed by atoms with Crippen LogP contribution in [0.1, 0.15) is 32.1 Å². The molecule has 0 amide bonds. The van der Waals surface area contributed by atoms with Gasteiger partial charge in [0.15, 0.2) is 0 Å². The van der Waals surface area contributed by atoms with Gasteiger partial charge in [0.05, 0.1) is 12.7 Å². The van der Waals surface area contributed by atoms with Crippen LogP contribution in [0.2, 0.25) is 0 Å². The molecule has 0 aromatic carbocycles. The van der Waals surface area contributed by atoms with Gasteiger partial charge in [-0.15, -0.1) is 0 Å². The van der Waals surface area contributed by atoms with Crippen LogP contribution in [0.5, 0.6) is 0 Å². The number of hydrogen-bond acceptors (Lipinski definition) is 6. The predicted octanol–water partition coefficient (Wildman–Crippen LogP) is 2.30. The highest BCUT2D eigenvalue weighted by Crippen LogP contribution is 2.41. The Morgan fingerprint density at radius 1 is 1.16 bits per heavy atom. The van der Waals surface area contributed by atoms with Crippen molar-refractivity contribution in [2.45, 2.75) is 38.2 Å². The Morgan fingerprint density at radius 3 is 2.84 bits per heavy atom. The molecule has 2 unspecified atom stereocenters. The fourth-order valence-electron chi connectivity index (χ4n) is 4.47. The fraction of sp³-hybridized carbons (Fsp3) is 0.789. The van der Waals surface area contributed by atoms with E-state index in [9.17, 15) is 0 Å². The zero-order chi connectivity index (χ0) is 17.0. The Morgan fingerprint density at radius 2 is 2.00 bits per heavy atom. The van der Waals surface area contributed by atoms with Crippen LogP contribution in [-0.2, 0) is 14.2 Å². The summed E-state index contributed by atoms with van der Waals surface area (Å²) in [6.45, 7) is 6.14. The van der Waals surface area contributed by atoms with E-state index in [0.29, 0.717) is 12.0 Å². The van der Waals surface area contributed by atoms with E-state index in [2.05, 4.69) is 14.9 Å². The third-order valence-electron chi connectivity index (χ3n) is 5.91. The van der Waals surface area contributed by atoms with E-state index in [1.54, 1.807) is 0 Å². The van der Waals surface area contributed by atoms with E-state index in [1.807, 2.05) is 18.5 Å². The molecule has 1 aromatic heterocycles. The minimum Gasteiger partial charge on any atom is -0.381 e. The molecule has 0 aliphatic carbocycles. The van der Waals surface area contributed by atoms with Crippen molar-refractivity contribution in [3.05, 3.63) is 18.5 Å². The van der Waals surface area contributed by atoms with Gasteiger partial charge >= 0.3 is 0 Å². The molecule has 0 bridgehead atoms. The first-order chi connectivity index (χ1) is 12.4. The van der Waals surface area contributed by atoms with Crippen LogP contribution in [-0.4, -0.2) is 62.2 Å². The lowest BCUT2D eigenvalue weighted by Gasteiger charge is -2.50. The Bertz CT molecular complexity index is 538. The first-order valence-corrected chi connectivity index (χ1v) is 9.65. The molecule has 3 aliphatic rings. The van der Waals surface area contributed by atoms with Gasteiger partial charge in [-0.25, -0.2) is 9.97 Å². The lowest BCUT2D eigenvalue weighted by atomic mass is 9.73. The summed E-state index contributed by atoms with van der Waals surface area (Å²) in [5.41, 5.74) is 0.0703. The molecule has 3 fully saturated rings. The Hall–Kier alpha value is -1.24. The summed E-state index contributed by atoms with van der Waals surface area (Å²) < 4.78 is 17.8. The van der Waals surface area contributed by atoms with Crippen LogP contribution >= 0.6 is 0 Å². The van der Waals surface area contributed by atoms with Gasteiger partial charge < -0.3 is 19.1 Å². The Balaban J connectivity index is 1.40. The SMILES string of the molecule is c1cnc(N2CCC3OCCCC3(COCC3CCOCC3)C2)nc1. The highest BCUT2D eigenvalue weighted by atomic mass is 16.5. The van der Waals surface area contributed by atoms with Crippen LogP contribution in [0.3, 0.4) is 0 Å². The molecule has 6 nitrogen and oxygen atoms in total. The summed E-state index contributed by atoms with van der Waals surface area (Å²) in [6, 6.07) is 1.87. The summed E-state index contributed by atoms with van der Waals surface area (Å²) in [5, 5.41) is 0. The lowest BCUT2D eigenvalue weighted by Crippen LogP contribution is -2.57. The molecular formula is C19H29N3O3. The second-order valence-corrected chi connectivity index (χ2v) is 7.66. The third kappa shape index (κ3) is 3.96. The zero-order valence-electron chi connectivity index (χ0n) is 14.9. The largest absolute Gasteiger partial charge is 0.381 e. The van der Waals surface area contributed by atoms with Crippen LogP contribution in [0.25, 0.3) is 0 Å². The number of hydrogen-bond donors (Lipinski definition) is 0.